The molecule has 0 N–H and O–H groups in total. The molecule has 1 aliphatic rings. The molecule has 5 nitrogen and oxygen atoms in total. The van der Waals surface area contributed by atoms with Crippen molar-refractivity contribution in [1.29, 1.82) is 0 Å². The number of carbonyl (C=O) groups is 2. The van der Waals surface area contributed by atoms with Crippen molar-refractivity contribution >= 4 is 35.0 Å². The van der Waals surface area contributed by atoms with E-state index in [9.17, 15) is 9.59 Å². The predicted octanol–water partition coefficient (Wildman–Crippen LogP) is 2.99. The highest BCUT2D eigenvalue weighted by atomic mass is 35.5. The molecule has 1 aromatic carbocycles. The van der Waals surface area contributed by atoms with Crippen molar-refractivity contribution in [1.82, 2.24) is 14.8 Å². The fourth-order valence-electron chi connectivity index (χ4n) is 2.64. The smallest absolute Gasteiger partial charge is 0.255 e. The Balaban J connectivity index is 1.64. The van der Waals surface area contributed by atoms with Gasteiger partial charge in [0.05, 0.1) is 5.56 Å². The average molecular weight is 364 g/mol. The molecule has 0 saturated carbocycles. The number of piperazine rings is 1. The molecule has 0 unspecified atom stereocenters. The molecule has 24 heavy (non-hydrogen) atoms. The maximum absolute atomic E-state index is 12.5. The van der Waals surface area contributed by atoms with E-state index in [2.05, 4.69) is 4.98 Å². The number of amides is 2. The Kier molecular flexibility index (Phi) is 5.02. The fraction of sp³-hybridized carbons (Fsp3) is 0.235. The second-order valence-electron chi connectivity index (χ2n) is 5.48. The first-order valence-corrected chi connectivity index (χ1v) is 8.25. The maximum atomic E-state index is 12.5. The van der Waals surface area contributed by atoms with Gasteiger partial charge in [0.2, 0.25) is 0 Å². The Bertz CT molecular complexity index is 739. The number of aromatic nitrogens is 1. The van der Waals surface area contributed by atoms with Crippen molar-refractivity contribution in [2.24, 2.45) is 0 Å². The van der Waals surface area contributed by atoms with E-state index in [-0.39, 0.29) is 11.8 Å². The van der Waals surface area contributed by atoms with Gasteiger partial charge in [0.1, 0.15) is 0 Å². The first kappa shape index (κ1) is 16.7. The summed E-state index contributed by atoms with van der Waals surface area (Å²) in [5, 5.41) is 0.854. The van der Waals surface area contributed by atoms with Crippen LogP contribution in [0.4, 0.5) is 0 Å². The van der Waals surface area contributed by atoms with Gasteiger partial charge in [-0.1, -0.05) is 23.2 Å². The lowest BCUT2D eigenvalue weighted by molar-refractivity contribution is 0.0535. The SMILES string of the molecule is O=C(c1cccnc1)N1CCN(C(=O)c2cc(Cl)cc(Cl)c2)CC1. The lowest BCUT2D eigenvalue weighted by Crippen LogP contribution is -2.50. The summed E-state index contributed by atoms with van der Waals surface area (Å²) >= 11 is 11.9. The van der Waals surface area contributed by atoms with Crippen molar-refractivity contribution in [3.05, 3.63) is 63.9 Å². The molecule has 0 bridgehead atoms. The third-order valence-corrected chi connectivity index (χ3v) is 4.31. The van der Waals surface area contributed by atoms with Crippen LogP contribution in [0.2, 0.25) is 10.0 Å². The van der Waals surface area contributed by atoms with E-state index in [1.807, 2.05) is 0 Å². The van der Waals surface area contributed by atoms with Gasteiger partial charge in [-0.2, -0.15) is 0 Å². The fourth-order valence-corrected chi connectivity index (χ4v) is 3.17. The molecular formula is C17H15Cl2N3O2. The van der Waals surface area contributed by atoms with E-state index in [0.29, 0.717) is 47.4 Å². The summed E-state index contributed by atoms with van der Waals surface area (Å²) in [4.78, 5) is 32.3. The van der Waals surface area contributed by atoms with Crippen molar-refractivity contribution in [3.63, 3.8) is 0 Å². The van der Waals surface area contributed by atoms with Crippen molar-refractivity contribution in [2.75, 3.05) is 26.2 Å². The quantitative estimate of drug-likeness (QED) is 0.823. The highest BCUT2D eigenvalue weighted by molar-refractivity contribution is 6.35. The lowest BCUT2D eigenvalue weighted by Gasteiger charge is -2.34. The minimum absolute atomic E-state index is 0.0685. The topological polar surface area (TPSA) is 53.5 Å². The summed E-state index contributed by atoms with van der Waals surface area (Å²) in [6, 6.07) is 8.26. The highest BCUT2D eigenvalue weighted by Crippen LogP contribution is 2.21. The van der Waals surface area contributed by atoms with Crippen molar-refractivity contribution in [2.45, 2.75) is 0 Å². The minimum atomic E-state index is -0.132. The molecule has 1 saturated heterocycles. The van der Waals surface area contributed by atoms with Gasteiger partial charge in [-0.3, -0.25) is 14.6 Å². The lowest BCUT2D eigenvalue weighted by atomic mass is 10.1. The molecule has 2 amide bonds. The number of nitrogens with zero attached hydrogens (tertiary/aromatic N) is 3. The third-order valence-electron chi connectivity index (χ3n) is 3.87. The van der Waals surface area contributed by atoms with Crippen LogP contribution in [0.5, 0.6) is 0 Å². The zero-order valence-electron chi connectivity index (χ0n) is 12.8. The van der Waals surface area contributed by atoms with E-state index in [1.54, 1.807) is 52.5 Å². The van der Waals surface area contributed by atoms with E-state index in [0.717, 1.165) is 0 Å². The number of halogens is 2. The van der Waals surface area contributed by atoms with Crippen molar-refractivity contribution < 1.29 is 9.59 Å². The molecule has 3 rings (SSSR count). The van der Waals surface area contributed by atoms with Crippen LogP contribution in [0.3, 0.4) is 0 Å². The highest BCUT2D eigenvalue weighted by Gasteiger charge is 2.25. The molecule has 1 aromatic heterocycles. The number of pyridine rings is 1. The van der Waals surface area contributed by atoms with E-state index in [1.165, 1.54) is 0 Å². The summed E-state index contributed by atoms with van der Waals surface area (Å²) in [6.45, 7) is 1.89. The molecule has 2 heterocycles. The number of carbonyl (C=O) groups excluding carboxylic acids is 2. The zero-order chi connectivity index (χ0) is 17.1. The van der Waals surface area contributed by atoms with Crippen LogP contribution < -0.4 is 0 Å². The Hall–Kier alpha value is -2.11. The molecule has 124 valence electrons. The van der Waals surface area contributed by atoms with Gasteiger partial charge in [0, 0.05) is 54.2 Å². The van der Waals surface area contributed by atoms with Crippen LogP contribution in [-0.2, 0) is 0 Å². The molecule has 0 atom stereocenters. The van der Waals surface area contributed by atoms with Gasteiger partial charge in [-0.25, -0.2) is 0 Å². The molecule has 0 radical (unpaired) electrons. The Morgan fingerprint density at radius 2 is 1.42 bits per heavy atom. The molecule has 1 aliphatic heterocycles. The number of rotatable bonds is 2. The Labute approximate surface area is 149 Å². The van der Waals surface area contributed by atoms with E-state index < -0.39 is 0 Å². The molecule has 2 aromatic rings. The number of hydrogen-bond acceptors (Lipinski definition) is 3. The summed E-state index contributed by atoms with van der Waals surface area (Å²) in [5.74, 6) is -0.200. The first-order chi connectivity index (χ1) is 11.5. The second-order valence-corrected chi connectivity index (χ2v) is 6.36. The summed E-state index contributed by atoms with van der Waals surface area (Å²) < 4.78 is 0. The first-order valence-electron chi connectivity index (χ1n) is 7.49. The third kappa shape index (κ3) is 3.68. The summed E-state index contributed by atoms with van der Waals surface area (Å²) in [6.07, 6.45) is 3.18. The van der Waals surface area contributed by atoms with E-state index >= 15 is 0 Å². The normalized spacial score (nSPS) is 14.6. The zero-order valence-corrected chi connectivity index (χ0v) is 14.3. The van der Waals surface area contributed by atoms with Gasteiger partial charge >= 0.3 is 0 Å². The summed E-state index contributed by atoms with van der Waals surface area (Å²) in [5.41, 5.74) is 1.01. The van der Waals surface area contributed by atoms with Crippen LogP contribution in [0, 0.1) is 0 Å². The van der Waals surface area contributed by atoms with Crippen LogP contribution >= 0.6 is 23.2 Å². The largest absolute Gasteiger partial charge is 0.335 e. The van der Waals surface area contributed by atoms with Crippen LogP contribution in [0.1, 0.15) is 20.7 Å². The molecule has 0 spiro atoms. The molecule has 1 fully saturated rings. The Morgan fingerprint density at radius 1 is 0.875 bits per heavy atom. The number of benzene rings is 1. The van der Waals surface area contributed by atoms with Gasteiger partial charge in [0.25, 0.3) is 11.8 Å². The van der Waals surface area contributed by atoms with Gasteiger partial charge in [-0.05, 0) is 30.3 Å². The number of hydrogen-bond donors (Lipinski definition) is 0. The van der Waals surface area contributed by atoms with Gasteiger partial charge < -0.3 is 9.80 Å². The monoisotopic (exact) mass is 363 g/mol. The minimum Gasteiger partial charge on any atom is -0.335 e. The predicted molar refractivity (Wildman–Crippen MR) is 92.5 cm³/mol. The standard InChI is InChI=1S/C17H15Cl2N3O2/c18-14-8-13(9-15(19)10-14)17(24)22-6-4-21(5-7-22)16(23)12-2-1-3-20-11-12/h1-3,8-11H,4-7H2. The van der Waals surface area contributed by atoms with Gasteiger partial charge in [0.15, 0.2) is 0 Å². The second kappa shape index (κ2) is 7.20. The maximum Gasteiger partial charge on any atom is 0.255 e. The Morgan fingerprint density at radius 3 is 1.92 bits per heavy atom. The van der Waals surface area contributed by atoms with Crippen molar-refractivity contribution in [3.8, 4) is 0 Å². The molecular weight excluding hydrogens is 349 g/mol. The van der Waals surface area contributed by atoms with Crippen LogP contribution in [0.15, 0.2) is 42.7 Å². The molecule has 7 heteroatoms. The van der Waals surface area contributed by atoms with E-state index in [4.69, 9.17) is 23.2 Å². The van der Waals surface area contributed by atoms with Gasteiger partial charge in [-0.15, -0.1) is 0 Å². The van der Waals surface area contributed by atoms with Crippen LogP contribution in [-0.4, -0.2) is 52.8 Å². The summed E-state index contributed by atoms with van der Waals surface area (Å²) in [7, 11) is 0. The molecule has 0 aliphatic carbocycles. The van der Waals surface area contributed by atoms with Crippen LogP contribution in [0.25, 0.3) is 0 Å². The average Bonchev–Trinajstić information content (AvgIpc) is 2.60.